The number of para-hydroxylation sites is 2. The number of hydrogen-bond acceptors (Lipinski definition) is 5. The zero-order valence-corrected chi connectivity index (χ0v) is 19.9. The van der Waals surface area contributed by atoms with Gasteiger partial charge >= 0.3 is 0 Å². The molecule has 0 saturated heterocycles. The number of imidazole rings is 1. The summed E-state index contributed by atoms with van der Waals surface area (Å²) < 4.78 is 3.97. The van der Waals surface area contributed by atoms with E-state index in [1.54, 1.807) is 6.07 Å². The smallest absolute Gasteiger partial charge is 0.276 e. The van der Waals surface area contributed by atoms with E-state index in [2.05, 4.69) is 25.5 Å². The predicted octanol–water partition coefficient (Wildman–Crippen LogP) is 3.28. The van der Waals surface area contributed by atoms with Crippen molar-refractivity contribution in [3.8, 4) is 0 Å². The second kappa shape index (κ2) is 8.57. The first-order valence-corrected chi connectivity index (χ1v) is 11.6. The van der Waals surface area contributed by atoms with Crippen molar-refractivity contribution in [3.05, 3.63) is 53.9 Å². The van der Waals surface area contributed by atoms with Gasteiger partial charge in [0.15, 0.2) is 0 Å². The molecule has 1 aliphatic heterocycles. The average molecular weight is 460 g/mol. The highest BCUT2D eigenvalue weighted by Crippen LogP contribution is 2.28. The molecule has 4 heterocycles. The quantitative estimate of drug-likeness (QED) is 0.461. The molecule has 4 aromatic rings. The van der Waals surface area contributed by atoms with Crippen molar-refractivity contribution in [2.45, 2.75) is 38.9 Å². The minimum absolute atomic E-state index is 0.0249. The molecule has 0 spiro atoms. The van der Waals surface area contributed by atoms with Gasteiger partial charge in [0.05, 0.1) is 17.1 Å². The van der Waals surface area contributed by atoms with Crippen molar-refractivity contribution in [1.82, 2.24) is 29.3 Å². The van der Waals surface area contributed by atoms with Crippen LogP contribution in [0.1, 0.15) is 47.3 Å². The van der Waals surface area contributed by atoms with E-state index in [1.165, 1.54) is 0 Å². The third-order valence-electron chi connectivity index (χ3n) is 6.51. The van der Waals surface area contributed by atoms with Crippen LogP contribution in [0.15, 0.2) is 42.5 Å². The van der Waals surface area contributed by atoms with Crippen LogP contribution in [0.5, 0.6) is 0 Å². The molecular formula is C25H29N7O2. The Balaban J connectivity index is 1.48. The molecule has 34 heavy (non-hydrogen) atoms. The number of nitrogens with one attached hydrogen (secondary N) is 2. The molecule has 0 fully saturated rings. The number of carbonyl (C=O) groups excluding carboxylic acids is 2. The van der Waals surface area contributed by atoms with Crippen molar-refractivity contribution >= 4 is 39.8 Å². The minimum atomic E-state index is -0.331. The van der Waals surface area contributed by atoms with Crippen LogP contribution in [-0.2, 0) is 6.54 Å². The molecule has 2 atom stereocenters. The third-order valence-corrected chi connectivity index (χ3v) is 6.51. The van der Waals surface area contributed by atoms with Gasteiger partial charge in [-0.25, -0.2) is 9.97 Å². The van der Waals surface area contributed by atoms with Crippen molar-refractivity contribution in [1.29, 1.82) is 0 Å². The largest absolute Gasteiger partial charge is 0.346 e. The van der Waals surface area contributed by atoms with Gasteiger partial charge in [0.25, 0.3) is 11.8 Å². The van der Waals surface area contributed by atoms with Gasteiger partial charge in [0.1, 0.15) is 17.0 Å². The lowest BCUT2D eigenvalue weighted by molar-refractivity contribution is 0.0891. The minimum Gasteiger partial charge on any atom is -0.346 e. The highest BCUT2D eigenvalue weighted by Gasteiger charge is 2.30. The number of aryl methyl sites for hydroxylation is 1. The summed E-state index contributed by atoms with van der Waals surface area (Å²) in [6.07, 6.45) is 0.925. The van der Waals surface area contributed by atoms with E-state index in [0.29, 0.717) is 17.3 Å². The van der Waals surface area contributed by atoms with E-state index in [1.807, 2.05) is 73.5 Å². The van der Waals surface area contributed by atoms with Crippen molar-refractivity contribution in [2.24, 2.45) is 0 Å². The number of amides is 2. The molecule has 0 bridgehead atoms. The summed E-state index contributed by atoms with van der Waals surface area (Å²) in [6, 6.07) is 13.2. The molecule has 1 aromatic carbocycles. The molecule has 0 radical (unpaired) electrons. The third kappa shape index (κ3) is 3.81. The highest BCUT2D eigenvalue weighted by atomic mass is 16.2. The van der Waals surface area contributed by atoms with Gasteiger partial charge in [-0.1, -0.05) is 12.1 Å². The van der Waals surface area contributed by atoms with E-state index in [4.69, 9.17) is 0 Å². The molecule has 1 aliphatic rings. The number of benzene rings is 1. The first-order chi connectivity index (χ1) is 16.3. The number of carbonyl (C=O) groups is 2. The van der Waals surface area contributed by atoms with E-state index in [0.717, 1.165) is 35.9 Å². The molecule has 0 aliphatic carbocycles. The molecule has 176 valence electrons. The van der Waals surface area contributed by atoms with Gasteiger partial charge in [-0.05, 0) is 71.2 Å². The zero-order chi connectivity index (χ0) is 24.0. The van der Waals surface area contributed by atoms with Gasteiger partial charge in [0, 0.05) is 18.0 Å². The van der Waals surface area contributed by atoms with Crippen LogP contribution in [0, 0.1) is 0 Å². The SMILES string of the molecule is C[C@@H]1[C@@H](C)NC(=O)c2cc3ccc(C(=O)Nc4nc5ccccc5n4CCCN(C)C)nc3n21. The van der Waals surface area contributed by atoms with Crippen LogP contribution >= 0.6 is 0 Å². The molecule has 9 heteroatoms. The highest BCUT2D eigenvalue weighted by molar-refractivity contribution is 6.05. The summed E-state index contributed by atoms with van der Waals surface area (Å²) in [7, 11) is 4.09. The fourth-order valence-corrected chi connectivity index (χ4v) is 4.54. The van der Waals surface area contributed by atoms with Gasteiger partial charge in [-0.3, -0.25) is 14.9 Å². The molecule has 2 N–H and O–H groups in total. The number of hydrogen-bond donors (Lipinski definition) is 2. The lowest BCUT2D eigenvalue weighted by atomic mass is 10.1. The maximum absolute atomic E-state index is 13.2. The molecule has 2 amide bonds. The average Bonchev–Trinajstić information content (AvgIpc) is 3.36. The summed E-state index contributed by atoms with van der Waals surface area (Å²) in [5.41, 5.74) is 3.30. The lowest BCUT2D eigenvalue weighted by Gasteiger charge is -2.29. The standard InChI is InChI=1S/C25H29N7O2/c1-15-16(2)32-21(24(34)26-15)14-17-10-11-19(27-22(17)32)23(33)29-25-28-18-8-5-6-9-20(18)31(25)13-7-12-30(3)4/h5-6,8-11,14-16H,7,12-13H2,1-4H3,(H,26,34)(H,28,29,33)/t15-,16-/m1/s1. The van der Waals surface area contributed by atoms with E-state index >= 15 is 0 Å². The second-order valence-corrected chi connectivity index (χ2v) is 9.20. The Morgan fingerprint density at radius 3 is 2.74 bits per heavy atom. The van der Waals surface area contributed by atoms with Gasteiger partial charge < -0.3 is 19.4 Å². The van der Waals surface area contributed by atoms with E-state index < -0.39 is 0 Å². The van der Waals surface area contributed by atoms with Gasteiger partial charge in [-0.2, -0.15) is 0 Å². The number of rotatable bonds is 6. The Morgan fingerprint density at radius 1 is 1.15 bits per heavy atom. The number of pyridine rings is 1. The fourth-order valence-electron chi connectivity index (χ4n) is 4.54. The summed E-state index contributed by atoms with van der Waals surface area (Å²) >= 11 is 0. The lowest BCUT2D eigenvalue weighted by Crippen LogP contribution is -2.44. The Morgan fingerprint density at radius 2 is 1.94 bits per heavy atom. The topological polar surface area (TPSA) is 97.1 Å². The maximum Gasteiger partial charge on any atom is 0.276 e. The Bertz CT molecular complexity index is 1400. The van der Waals surface area contributed by atoms with Gasteiger partial charge in [0.2, 0.25) is 5.95 Å². The number of nitrogens with zero attached hydrogens (tertiary/aromatic N) is 5. The summed E-state index contributed by atoms with van der Waals surface area (Å²) in [4.78, 5) is 37.2. The normalized spacial score (nSPS) is 17.9. The van der Waals surface area contributed by atoms with E-state index in [9.17, 15) is 9.59 Å². The first-order valence-electron chi connectivity index (χ1n) is 11.6. The van der Waals surface area contributed by atoms with E-state index in [-0.39, 0.29) is 29.6 Å². The molecule has 5 rings (SSSR count). The molecular weight excluding hydrogens is 430 g/mol. The van der Waals surface area contributed by atoms with Crippen molar-refractivity contribution in [3.63, 3.8) is 0 Å². The number of fused-ring (bicyclic) bond motifs is 4. The number of aromatic nitrogens is 4. The zero-order valence-electron chi connectivity index (χ0n) is 19.9. The predicted molar refractivity (Wildman–Crippen MR) is 132 cm³/mol. The summed E-state index contributed by atoms with van der Waals surface area (Å²) in [5.74, 6) is 0.0500. The van der Waals surface area contributed by atoms with Crippen molar-refractivity contribution < 1.29 is 9.59 Å². The second-order valence-electron chi connectivity index (χ2n) is 9.20. The van der Waals surface area contributed by atoms with Crippen LogP contribution in [0.25, 0.3) is 22.1 Å². The van der Waals surface area contributed by atoms with Crippen LogP contribution < -0.4 is 10.6 Å². The summed E-state index contributed by atoms with van der Waals surface area (Å²) in [5, 5.41) is 6.78. The Kier molecular flexibility index (Phi) is 5.57. The summed E-state index contributed by atoms with van der Waals surface area (Å²) in [6.45, 7) is 5.67. The fraction of sp³-hybridized carbons (Fsp3) is 0.360. The number of anilines is 1. The monoisotopic (exact) mass is 459 g/mol. The van der Waals surface area contributed by atoms with Crippen LogP contribution in [0.3, 0.4) is 0 Å². The maximum atomic E-state index is 13.2. The molecule has 0 saturated carbocycles. The van der Waals surface area contributed by atoms with Crippen LogP contribution in [-0.4, -0.2) is 62.5 Å². The molecule has 0 unspecified atom stereocenters. The van der Waals surface area contributed by atoms with Crippen molar-refractivity contribution in [2.75, 3.05) is 26.0 Å². The van der Waals surface area contributed by atoms with Crippen LogP contribution in [0.2, 0.25) is 0 Å². The molecule has 3 aromatic heterocycles. The Hall–Kier alpha value is -3.72. The molecule has 9 nitrogen and oxygen atoms in total. The van der Waals surface area contributed by atoms with Gasteiger partial charge in [-0.15, -0.1) is 0 Å². The first kappa shape index (κ1) is 22.1. The Labute approximate surface area is 197 Å². The van der Waals surface area contributed by atoms with Crippen LogP contribution in [0.4, 0.5) is 5.95 Å².